The van der Waals surface area contributed by atoms with E-state index < -0.39 is 10.0 Å². The molecule has 0 radical (unpaired) electrons. The van der Waals surface area contributed by atoms with Crippen LogP contribution in [0.1, 0.15) is 0 Å². The van der Waals surface area contributed by atoms with E-state index >= 15 is 0 Å². The second-order valence-corrected chi connectivity index (χ2v) is 5.62. The third kappa shape index (κ3) is 4.74. The van der Waals surface area contributed by atoms with Crippen molar-refractivity contribution in [1.82, 2.24) is 0 Å². The summed E-state index contributed by atoms with van der Waals surface area (Å²) in [7, 11) is -1.82. The first-order valence-corrected chi connectivity index (χ1v) is 7.37. The molecule has 0 atom stereocenters. The number of rotatable bonds is 2. The molecule has 0 aliphatic heterocycles. The van der Waals surface area contributed by atoms with Gasteiger partial charge in [0.25, 0.3) is 0 Å². The van der Waals surface area contributed by atoms with Crippen molar-refractivity contribution in [3.63, 3.8) is 0 Å². The summed E-state index contributed by atoms with van der Waals surface area (Å²) in [6.07, 6.45) is 0. The van der Waals surface area contributed by atoms with Crippen LogP contribution in [-0.4, -0.2) is 15.5 Å². The Bertz CT molecular complexity index is 563. The van der Waals surface area contributed by atoms with Gasteiger partial charge in [-0.05, 0) is 35.7 Å². The zero-order chi connectivity index (χ0) is 13.6. The second kappa shape index (κ2) is 6.39. The first kappa shape index (κ1) is 14.5. The highest BCUT2D eigenvalue weighted by Gasteiger charge is 2.05. The molecule has 0 saturated carbocycles. The van der Waals surface area contributed by atoms with Crippen LogP contribution >= 0.6 is 11.3 Å². The number of ether oxygens (including phenoxy) is 1. The third-order valence-corrected chi connectivity index (χ3v) is 3.68. The van der Waals surface area contributed by atoms with Crippen molar-refractivity contribution in [3.8, 4) is 5.75 Å². The molecule has 0 fully saturated rings. The lowest BCUT2D eigenvalue weighted by Gasteiger charge is -1.97. The van der Waals surface area contributed by atoms with E-state index in [0.717, 1.165) is 11.4 Å². The Hall–Kier alpha value is -1.57. The number of methoxy groups -OCH3 is 1. The second-order valence-electron chi connectivity index (χ2n) is 3.28. The summed E-state index contributed by atoms with van der Waals surface area (Å²) < 4.78 is 25.9. The average molecular weight is 286 g/mol. The van der Waals surface area contributed by atoms with Gasteiger partial charge in [0.15, 0.2) is 0 Å². The van der Waals surface area contributed by atoms with Gasteiger partial charge in [0.05, 0.1) is 12.0 Å². The molecule has 2 rings (SSSR count). The van der Waals surface area contributed by atoms with E-state index in [1.807, 2.05) is 12.1 Å². The van der Waals surface area contributed by atoms with Crippen molar-refractivity contribution < 1.29 is 13.2 Å². The fraction of sp³-hybridized carbons (Fsp3) is 0.0909. The maximum absolute atomic E-state index is 10.5. The van der Waals surface area contributed by atoms with Crippen LogP contribution in [0.3, 0.4) is 0 Å². The number of hydrogen-bond donors (Lipinski definition) is 2. The zero-order valence-electron chi connectivity index (χ0n) is 9.74. The summed E-state index contributed by atoms with van der Waals surface area (Å²) in [6.45, 7) is 0. The Balaban J connectivity index is 0.000000180. The molecule has 0 amide bonds. The molecular formula is C11H14N2O3S2. The Morgan fingerprint density at radius 1 is 1.17 bits per heavy atom. The molecule has 1 aromatic heterocycles. The molecule has 0 aliphatic rings. The molecule has 4 N–H and O–H groups in total. The van der Waals surface area contributed by atoms with Crippen LogP contribution in [0.15, 0.2) is 46.0 Å². The Morgan fingerprint density at radius 2 is 1.78 bits per heavy atom. The van der Waals surface area contributed by atoms with Crippen LogP contribution in [0, 0.1) is 0 Å². The molecule has 5 nitrogen and oxygen atoms in total. The van der Waals surface area contributed by atoms with Gasteiger partial charge in [0.1, 0.15) is 5.75 Å². The summed E-state index contributed by atoms with van der Waals surface area (Å²) in [4.78, 5) is 0.188. The molecule has 0 bridgehead atoms. The minimum absolute atomic E-state index is 0.188. The molecule has 0 saturated heterocycles. The van der Waals surface area contributed by atoms with Gasteiger partial charge < -0.3 is 10.5 Å². The molecule has 0 unspecified atom stereocenters. The summed E-state index contributed by atoms with van der Waals surface area (Å²) >= 11 is 1.31. The molecular weight excluding hydrogens is 272 g/mol. The van der Waals surface area contributed by atoms with Crippen molar-refractivity contribution in [2.45, 2.75) is 4.90 Å². The first-order valence-electron chi connectivity index (χ1n) is 4.88. The Labute approximate surface area is 110 Å². The predicted molar refractivity (Wildman–Crippen MR) is 73.1 cm³/mol. The van der Waals surface area contributed by atoms with E-state index in [9.17, 15) is 8.42 Å². The van der Waals surface area contributed by atoms with E-state index in [1.54, 1.807) is 24.6 Å². The largest absolute Gasteiger partial charge is 0.497 e. The zero-order valence-corrected chi connectivity index (χ0v) is 11.4. The number of sulfonamides is 1. The van der Waals surface area contributed by atoms with Gasteiger partial charge in [-0.15, -0.1) is 0 Å². The van der Waals surface area contributed by atoms with Crippen molar-refractivity contribution in [1.29, 1.82) is 0 Å². The molecule has 7 heteroatoms. The van der Waals surface area contributed by atoms with Gasteiger partial charge in [-0.1, -0.05) is 0 Å². The van der Waals surface area contributed by atoms with Gasteiger partial charge >= 0.3 is 0 Å². The van der Waals surface area contributed by atoms with Crippen molar-refractivity contribution in [2.24, 2.45) is 5.14 Å². The maximum atomic E-state index is 10.5. The van der Waals surface area contributed by atoms with Gasteiger partial charge in [0.2, 0.25) is 10.0 Å². The standard InChI is InChI=1S/C7H9NO.C4H5NO2S2/c1-9-7-4-2-6(8)3-5-7;5-9(6,7)4-1-2-8-3-4/h2-5H,8H2,1H3;1-3H,(H2,5,6,7). The summed E-state index contributed by atoms with van der Waals surface area (Å²) in [5.74, 6) is 0.837. The van der Waals surface area contributed by atoms with Crippen LogP contribution in [0.4, 0.5) is 5.69 Å². The SMILES string of the molecule is COc1ccc(N)cc1.NS(=O)(=O)c1ccsc1. The Kier molecular flexibility index (Phi) is 5.14. The minimum atomic E-state index is -3.45. The van der Waals surface area contributed by atoms with Crippen LogP contribution in [0.2, 0.25) is 0 Å². The van der Waals surface area contributed by atoms with E-state index in [1.165, 1.54) is 22.8 Å². The highest BCUT2D eigenvalue weighted by atomic mass is 32.2. The average Bonchev–Trinajstić information content (AvgIpc) is 2.84. The normalized spacial score (nSPS) is 10.3. The highest BCUT2D eigenvalue weighted by Crippen LogP contribution is 2.11. The van der Waals surface area contributed by atoms with E-state index in [2.05, 4.69) is 0 Å². The number of thiophene rings is 1. The maximum Gasteiger partial charge on any atom is 0.238 e. The van der Waals surface area contributed by atoms with Crippen molar-refractivity contribution in [3.05, 3.63) is 41.1 Å². The molecule has 18 heavy (non-hydrogen) atoms. The van der Waals surface area contributed by atoms with Crippen LogP contribution in [0.5, 0.6) is 5.75 Å². The van der Waals surface area contributed by atoms with Gasteiger partial charge in [-0.3, -0.25) is 0 Å². The smallest absolute Gasteiger partial charge is 0.238 e. The van der Waals surface area contributed by atoms with Crippen molar-refractivity contribution in [2.75, 3.05) is 12.8 Å². The summed E-state index contributed by atoms with van der Waals surface area (Å²) in [6, 6.07) is 8.74. The quantitative estimate of drug-likeness (QED) is 0.821. The summed E-state index contributed by atoms with van der Waals surface area (Å²) in [5, 5.41) is 7.94. The number of primary sulfonamides is 1. The van der Waals surface area contributed by atoms with E-state index in [0.29, 0.717) is 0 Å². The number of nitrogens with two attached hydrogens (primary N) is 2. The van der Waals surface area contributed by atoms with E-state index in [-0.39, 0.29) is 4.90 Å². The number of hydrogen-bond acceptors (Lipinski definition) is 5. The lowest BCUT2D eigenvalue weighted by atomic mass is 10.3. The van der Waals surface area contributed by atoms with Gasteiger partial charge in [-0.2, -0.15) is 11.3 Å². The fourth-order valence-corrected chi connectivity index (χ4v) is 2.58. The predicted octanol–water partition coefficient (Wildman–Crippen LogP) is 1.67. The lowest BCUT2D eigenvalue weighted by Crippen LogP contribution is -2.10. The molecule has 0 aliphatic carbocycles. The molecule has 2 aromatic rings. The van der Waals surface area contributed by atoms with Crippen LogP contribution in [0.25, 0.3) is 0 Å². The van der Waals surface area contributed by atoms with Gasteiger partial charge in [-0.25, -0.2) is 13.6 Å². The third-order valence-electron chi connectivity index (χ3n) is 1.94. The molecule has 1 heterocycles. The number of benzene rings is 1. The van der Waals surface area contributed by atoms with Gasteiger partial charge in [0, 0.05) is 11.1 Å². The minimum Gasteiger partial charge on any atom is -0.497 e. The molecule has 0 spiro atoms. The Morgan fingerprint density at radius 3 is 2.11 bits per heavy atom. The van der Waals surface area contributed by atoms with Crippen molar-refractivity contribution >= 4 is 27.0 Å². The van der Waals surface area contributed by atoms with Crippen LogP contribution in [-0.2, 0) is 10.0 Å². The monoisotopic (exact) mass is 286 g/mol. The number of anilines is 1. The highest BCUT2D eigenvalue weighted by molar-refractivity contribution is 7.89. The fourth-order valence-electron chi connectivity index (χ4n) is 1.02. The number of nitrogen functional groups attached to an aromatic ring is 1. The lowest BCUT2D eigenvalue weighted by molar-refractivity contribution is 0.415. The van der Waals surface area contributed by atoms with E-state index in [4.69, 9.17) is 15.6 Å². The molecule has 1 aromatic carbocycles. The topological polar surface area (TPSA) is 95.4 Å². The molecule has 98 valence electrons. The van der Waals surface area contributed by atoms with Crippen LogP contribution < -0.4 is 15.6 Å². The summed E-state index contributed by atoms with van der Waals surface area (Å²) in [5.41, 5.74) is 6.19. The first-order chi connectivity index (χ1) is 8.43.